The molecule has 0 radical (unpaired) electrons. The molecule has 0 saturated heterocycles. The van der Waals surface area contributed by atoms with E-state index >= 15 is 0 Å². The Morgan fingerprint density at radius 2 is 1.96 bits per heavy atom. The zero-order valence-corrected chi connectivity index (χ0v) is 16.8. The standard InChI is InChI=1S/C19H21N3O2S2/c1-5-25-16-14(17(24)22-10-11-26-18(22)21-16)15(23)20-13-8-6-12(7-9-13)19(2,3)4/h6-11H,5H2,1-4H3,(H,20,23). The van der Waals surface area contributed by atoms with Gasteiger partial charge in [-0.25, -0.2) is 4.98 Å². The predicted octanol–water partition coefficient (Wildman–Crippen LogP) is 4.42. The van der Waals surface area contributed by atoms with Gasteiger partial charge in [-0.05, 0) is 28.9 Å². The third-order valence-corrected chi connectivity index (χ3v) is 5.56. The van der Waals surface area contributed by atoms with Crippen LogP contribution in [0.2, 0.25) is 0 Å². The van der Waals surface area contributed by atoms with Crippen molar-refractivity contribution in [1.29, 1.82) is 0 Å². The van der Waals surface area contributed by atoms with Gasteiger partial charge in [-0.2, -0.15) is 0 Å². The van der Waals surface area contributed by atoms with Crippen LogP contribution in [0, 0.1) is 0 Å². The second-order valence-corrected chi connectivity index (χ2v) is 8.99. The zero-order valence-electron chi connectivity index (χ0n) is 15.2. The molecule has 0 aliphatic heterocycles. The van der Waals surface area contributed by atoms with Crippen LogP contribution in [0.3, 0.4) is 0 Å². The minimum Gasteiger partial charge on any atom is -0.322 e. The topological polar surface area (TPSA) is 63.5 Å². The van der Waals surface area contributed by atoms with Crippen LogP contribution >= 0.6 is 23.1 Å². The first-order chi connectivity index (χ1) is 12.3. The minimum atomic E-state index is -0.428. The lowest BCUT2D eigenvalue weighted by Gasteiger charge is -2.19. The molecule has 3 aromatic rings. The second-order valence-electron chi connectivity index (χ2n) is 6.87. The Labute approximate surface area is 160 Å². The lowest BCUT2D eigenvalue weighted by molar-refractivity contribution is 0.102. The molecule has 1 amide bonds. The summed E-state index contributed by atoms with van der Waals surface area (Å²) in [4.78, 5) is 30.6. The van der Waals surface area contributed by atoms with Gasteiger partial charge in [0.05, 0.1) is 0 Å². The van der Waals surface area contributed by atoms with E-state index in [1.807, 2.05) is 31.2 Å². The van der Waals surface area contributed by atoms with Gasteiger partial charge in [0.1, 0.15) is 10.6 Å². The number of carbonyl (C=O) groups excluding carboxylic acids is 1. The highest BCUT2D eigenvalue weighted by atomic mass is 32.2. The van der Waals surface area contributed by atoms with Crippen LogP contribution in [0.25, 0.3) is 4.96 Å². The molecular weight excluding hydrogens is 366 g/mol. The zero-order chi connectivity index (χ0) is 18.9. The van der Waals surface area contributed by atoms with Crippen molar-refractivity contribution in [3.05, 3.63) is 57.3 Å². The number of anilines is 1. The van der Waals surface area contributed by atoms with Gasteiger partial charge in [-0.3, -0.25) is 14.0 Å². The molecule has 136 valence electrons. The molecule has 0 aliphatic rings. The van der Waals surface area contributed by atoms with Crippen LogP contribution in [0.1, 0.15) is 43.6 Å². The Hall–Kier alpha value is -2.12. The highest BCUT2D eigenvalue weighted by Crippen LogP contribution is 2.25. The number of hydrogen-bond acceptors (Lipinski definition) is 5. The number of nitrogens with zero attached hydrogens (tertiary/aromatic N) is 2. The Morgan fingerprint density at radius 3 is 2.58 bits per heavy atom. The summed E-state index contributed by atoms with van der Waals surface area (Å²) in [5, 5.41) is 5.10. The van der Waals surface area contributed by atoms with Crippen molar-refractivity contribution in [1.82, 2.24) is 9.38 Å². The van der Waals surface area contributed by atoms with E-state index in [0.717, 1.165) is 5.75 Å². The SMILES string of the molecule is CCSc1nc2sccn2c(=O)c1C(=O)Nc1ccc(C(C)(C)C)cc1. The molecule has 1 N–H and O–H groups in total. The number of aromatic nitrogens is 2. The number of amides is 1. The van der Waals surface area contributed by atoms with E-state index < -0.39 is 5.91 Å². The van der Waals surface area contributed by atoms with Gasteiger partial charge in [0.2, 0.25) is 0 Å². The highest BCUT2D eigenvalue weighted by Gasteiger charge is 2.21. The van der Waals surface area contributed by atoms with E-state index in [1.165, 1.54) is 33.1 Å². The van der Waals surface area contributed by atoms with E-state index in [9.17, 15) is 9.59 Å². The fourth-order valence-corrected chi connectivity index (χ4v) is 4.06. The van der Waals surface area contributed by atoms with Crippen molar-refractivity contribution in [3.8, 4) is 0 Å². The molecular formula is C19H21N3O2S2. The smallest absolute Gasteiger partial charge is 0.272 e. The number of fused-ring (bicyclic) bond motifs is 1. The van der Waals surface area contributed by atoms with Gasteiger partial charge in [0.15, 0.2) is 4.96 Å². The summed E-state index contributed by atoms with van der Waals surface area (Å²) in [6, 6.07) is 7.70. The third kappa shape index (κ3) is 3.68. The summed E-state index contributed by atoms with van der Waals surface area (Å²) in [6.45, 7) is 8.38. The Balaban J connectivity index is 1.95. The van der Waals surface area contributed by atoms with Crippen molar-refractivity contribution in [2.45, 2.75) is 38.1 Å². The van der Waals surface area contributed by atoms with Crippen LogP contribution in [0.4, 0.5) is 5.69 Å². The fraction of sp³-hybridized carbons (Fsp3) is 0.316. The third-order valence-electron chi connectivity index (χ3n) is 3.95. The van der Waals surface area contributed by atoms with Crippen molar-refractivity contribution in [2.75, 3.05) is 11.1 Å². The number of rotatable bonds is 4. The molecule has 0 spiro atoms. The van der Waals surface area contributed by atoms with Crippen LogP contribution < -0.4 is 10.9 Å². The molecule has 0 saturated carbocycles. The molecule has 0 unspecified atom stereocenters. The van der Waals surface area contributed by atoms with Gasteiger partial charge in [0.25, 0.3) is 11.5 Å². The Bertz CT molecular complexity index is 998. The molecule has 1 aromatic carbocycles. The van der Waals surface area contributed by atoms with Gasteiger partial charge in [0, 0.05) is 17.3 Å². The average Bonchev–Trinajstić information content (AvgIpc) is 3.03. The van der Waals surface area contributed by atoms with Crippen LogP contribution in [-0.4, -0.2) is 21.0 Å². The number of benzene rings is 1. The summed E-state index contributed by atoms with van der Waals surface area (Å²) in [5.74, 6) is 0.303. The quantitative estimate of drug-likeness (QED) is 0.532. The molecule has 0 bridgehead atoms. The number of hydrogen-bond donors (Lipinski definition) is 1. The van der Waals surface area contributed by atoms with Gasteiger partial charge >= 0.3 is 0 Å². The Morgan fingerprint density at radius 1 is 1.27 bits per heavy atom. The van der Waals surface area contributed by atoms with Crippen LogP contribution in [0.15, 0.2) is 45.7 Å². The van der Waals surface area contributed by atoms with Crippen LogP contribution in [0.5, 0.6) is 0 Å². The molecule has 0 fully saturated rings. The maximum atomic E-state index is 12.8. The molecule has 2 aromatic heterocycles. The average molecular weight is 388 g/mol. The van der Waals surface area contributed by atoms with Gasteiger partial charge in [-0.1, -0.05) is 39.8 Å². The maximum absolute atomic E-state index is 12.8. The monoisotopic (exact) mass is 387 g/mol. The number of thiazole rings is 1. The lowest BCUT2D eigenvalue weighted by Crippen LogP contribution is -2.27. The maximum Gasteiger partial charge on any atom is 0.272 e. The number of nitrogens with one attached hydrogen (secondary N) is 1. The summed E-state index contributed by atoms with van der Waals surface area (Å²) < 4.78 is 1.42. The Kier molecular flexibility index (Phi) is 5.20. The van der Waals surface area contributed by atoms with Crippen molar-refractivity contribution in [3.63, 3.8) is 0 Å². The largest absolute Gasteiger partial charge is 0.322 e. The van der Waals surface area contributed by atoms with Gasteiger partial charge < -0.3 is 5.32 Å². The minimum absolute atomic E-state index is 0.0419. The number of carbonyl (C=O) groups is 1. The van der Waals surface area contributed by atoms with Crippen molar-refractivity contribution in [2.24, 2.45) is 0 Å². The lowest BCUT2D eigenvalue weighted by atomic mass is 9.87. The highest BCUT2D eigenvalue weighted by molar-refractivity contribution is 7.99. The van der Waals surface area contributed by atoms with E-state index in [0.29, 0.717) is 15.7 Å². The summed E-state index contributed by atoms with van der Waals surface area (Å²) in [7, 11) is 0. The first-order valence-electron chi connectivity index (χ1n) is 8.36. The van der Waals surface area contributed by atoms with E-state index in [2.05, 4.69) is 31.1 Å². The van der Waals surface area contributed by atoms with Crippen molar-refractivity contribution >= 4 is 39.7 Å². The molecule has 0 atom stereocenters. The molecule has 5 nitrogen and oxygen atoms in total. The normalized spacial score (nSPS) is 11.7. The fourth-order valence-electron chi connectivity index (χ4n) is 2.54. The molecule has 26 heavy (non-hydrogen) atoms. The number of thioether (sulfide) groups is 1. The molecule has 3 rings (SSSR count). The van der Waals surface area contributed by atoms with E-state index in [4.69, 9.17) is 0 Å². The molecule has 0 aliphatic carbocycles. The first kappa shape index (κ1) is 18.7. The first-order valence-corrected chi connectivity index (χ1v) is 10.2. The second kappa shape index (κ2) is 7.25. The summed E-state index contributed by atoms with van der Waals surface area (Å²) in [5.41, 5.74) is 1.63. The van der Waals surface area contributed by atoms with E-state index in [1.54, 1.807) is 11.6 Å². The molecule has 2 heterocycles. The van der Waals surface area contributed by atoms with Crippen molar-refractivity contribution < 1.29 is 4.79 Å². The summed E-state index contributed by atoms with van der Waals surface area (Å²) >= 11 is 2.78. The van der Waals surface area contributed by atoms with E-state index in [-0.39, 0.29) is 16.5 Å². The predicted molar refractivity (Wildman–Crippen MR) is 109 cm³/mol. The molecule has 7 heteroatoms. The summed E-state index contributed by atoms with van der Waals surface area (Å²) in [6.07, 6.45) is 1.64. The van der Waals surface area contributed by atoms with Gasteiger partial charge in [-0.15, -0.1) is 23.1 Å². The van der Waals surface area contributed by atoms with Crippen LogP contribution in [-0.2, 0) is 5.41 Å².